The monoisotopic (exact) mass is 245 g/mol. The Bertz CT molecular complexity index is 514. The minimum absolute atomic E-state index is 1.06. The minimum atomic E-state index is 1.06. The molecule has 0 spiro atoms. The maximum Gasteiger partial charge on any atom is 0.0958 e. The third-order valence-corrected chi connectivity index (χ3v) is 3.49. The normalized spacial score (nSPS) is 11.3. The van der Waals surface area contributed by atoms with Crippen LogP contribution in [-0.4, -0.2) is 22.6 Å². The number of imidazole rings is 1. The van der Waals surface area contributed by atoms with Gasteiger partial charge in [-0.1, -0.05) is 6.92 Å². The van der Waals surface area contributed by atoms with Crippen LogP contribution in [0.3, 0.4) is 0 Å². The molecule has 98 valence electrons. The third kappa shape index (κ3) is 2.91. The zero-order valence-electron chi connectivity index (χ0n) is 11.7. The molecule has 2 aromatic rings. The maximum atomic E-state index is 4.48. The molecule has 1 aromatic carbocycles. The maximum absolute atomic E-state index is 4.48. The molecule has 0 bridgehead atoms. The van der Waals surface area contributed by atoms with Crippen LogP contribution in [0.5, 0.6) is 0 Å². The molecule has 1 aromatic heterocycles. The molecule has 0 aliphatic rings. The summed E-state index contributed by atoms with van der Waals surface area (Å²) < 4.78 is 2.27. The van der Waals surface area contributed by atoms with Gasteiger partial charge in [0.2, 0.25) is 0 Å². The van der Waals surface area contributed by atoms with Crippen molar-refractivity contribution in [3.63, 3.8) is 0 Å². The van der Waals surface area contributed by atoms with Gasteiger partial charge in [-0.3, -0.25) is 0 Å². The van der Waals surface area contributed by atoms with Crippen LogP contribution in [0.2, 0.25) is 0 Å². The van der Waals surface area contributed by atoms with Gasteiger partial charge in [0.1, 0.15) is 0 Å². The van der Waals surface area contributed by atoms with Gasteiger partial charge >= 0.3 is 0 Å². The van der Waals surface area contributed by atoms with Crippen LogP contribution in [0.15, 0.2) is 18.5 Å². The lowest BCUT2D eigenvalue weighted by Gasteiger charge is -2.06. The molecule has 1 N–H and O–H groups in total. The molecule has 2 rings (SSSR count). The predicted octanol–water partition coefficient (Wildman–Crippen LogP) is 3.04. The number of rotatable bonds is 6. The SMILES string of the molecule is CCNCCCCn1cnc2cc(C)c(C)cc21. The number of hydrogen-bond acceptors (Lipinski definition) is 2. The minimum Gasteiger partial charge on any atom is -0.331 e. The van der Waals surface area contributed by atoms with Gasteiger partial charge in [0, 0.05) is 6.54 Å². The van der Waals surface area contributed by atoms with Gasteiger partial charge in [-0.25, -0.2) is 4.98 Å². The highest BCUT2D eigenvalue weighted by Gasteiger charge is 2.04. The highest BCUT2D eigenvalue weighted by Crippen LogP contribution is 2.18. The molecule has 0 fully saturated rings. The van der Waals surface area contributed by atoms with Crippen molar-refractivity contribution in [1.29, 1.82) is 0 Å². The number of hydrogen-bond donors (Lipinski definition) is 1. The number of nitrogens with one attached hydrogen (secondary N) is 1. The van der Waals surface area contributed by atoms with E-state index in [0.29, 0.717) is 0 Å². The van der Waals surface area contributed by atoms with Crippen LogP contribution in [0.4, 0.5) is 0 Å². The summed E-state index contributed by atoms with van der Waals surface area (Å²) in [6, 6.07) is 4.43. The van der Waals surface area contributed by atoms with E-state index in [2.05, 4.69) is 47.8 Å². The number of fused-ring (bicyclic) bond motifs is 1. The Labute approximate surface area is 109 Å². The molecule has 0 unspecified atom stereocenters. The van der Waals surface area contributed by atoms with Gasteiger partial charge in [0.25, 0.3) is 0 Å². The van der Waals surface area contributed by atoms with Crippen molar-refractivity contribution in [1.82, 2.24) is 14.9 Å². The number of aryl methyl sites for hydroxylation is 3. The van der Waals surface area contributed by atoms with Crippen molar-refractivity contribution in [2.75, 3.05) is 13.1 Å². The first kappa shape index (κ1) is 13.1. The van der Waals surface area contributed by atoms with Crippen LogP contribution >= 0.6 is 0 Å². The van der Waals surface area contributed by atoms with E-state index in [4.69, 9.17) is 0 Å². The fourth-order valence-corrected chi connectivity index (χ4v) is 2.20. The summed E-state index contributed by atoms with van der Waals surface area (Å²) >= 11 is 0. The van der Waals surface area contributed by atoms with Gasteiger partial charge in [-0.05, 0) is 63.0 Å². The van der Waals surface area contributed by atoms with E-state index in [0.717, 1.165) is 25.2 Å². The van der Waals surface area contributed by atoms with E-state index in [1.54, 1.807) is 0 Å². The molecule has 0 aliphatic carbocycles. The van der Waals surface area contributed by atoms with Gasteiger partial charge < -0.3 is 9.88 Å². The first-order valence-electron chi connectivity index (χ1n) is 6.85. The second kappa shape index (κ2) is 6.01. The van der Waals surface area contributed by atoms with Crippen LogP contribution in [-0.2, 0) is 6.54 Å². The van der Waals surface area contributed by atoms with Crippen LogP contribution in [0.1, 0.15) is 30.9 Å². The Balaban J connectivity index is 2.03. The highest BCUT2D eigenvalue weighted by molar-refractivity contribution is 5.77. The summed E-state index contributed by atoms with van der Waals surface area (Å²) in [6.45, 7) is 9.69. The zero-order valence-corrected chi connectivity index (χ0v) is 11.7. The average molecular weight is 245 g/mol. The largest absolute Gasteiger partial charge is 0.331 e. The topological polar surface area (TPSA) is 29.9 Å². The second-order valence-electron chi connectivity index (χ2n) is 4.92. The molecule has 3 nitrogen and oxygen atoms in total. The van der Waals surface area contributed by atoms with Crippen molar-refractivity contribution in [2.24, 2.45) is 0 Å². The van der Waals surface area contributed by atoms with Gasteiger partial charge in [0.15, 0.2) is 0 Å². The van der Waals surface area contributed by atoms with E-state index < -0.39 is 0 Å². The van der Waals surface area contributed by atoms with Crippen LogP contribution < -0.4 is 5.32 Å². The molecular formula is C15H23N3. The molecule has 0 aliphatic heterocycles. The Kier molecular flexibility index (Phi) is 4.37. The van der Waals surface area contributed by atoms with E-state index in [1.807, 2.05) is 6.33 Å². The first-order valence-corrected chi connectivity index (χ1v) is 6.85. The standard InChI is InChI=1S/C15H23N3/c1-4-16-7-5-6-8-18-11-17-14-9-12(2)13(3)10-15(14)18/h9-11,16H,4-8H2,1-3H3. The number of unbranched alkanes of at least 4 members (excludes halogenated alkanes) is 1. The molecule has 0 saturated heterocycles. The molecule has 0 radical (unpaired) electrons. The van der Waals surface area contributed by atoms with E-state index in [9.17, 15) is 0 Å². The Morgan fingerprint density at radius 2 is 1.94 bits per heavy atom. The fraction of sp³-hybridized carbons (Fsp3) is 0.533. The van der Waals surface area contributed by atoms with E-state index >= 15 is 0 Å². The molecule has 0 amide bonds. The van der Waals surface area contributed by atoms with Crippen molar-refractivity contribution in [3.05, 3.63) is 29.6 Å². The van der Waals surface area contributed by atoms with Crippen LogP contribution in [0.25, 0.3) is 11.0 Å². The number of nitrogens with zero attached hydrogens (tertiary/aromatic N) is 2. The Morgan fingerprint density at radius 1 is 1.17 bits per heavy atom. The number of benzene rings is 1. The summed E-state index contributed by atoms with van der Waals surface area (Å²) in [6.07, 6.45) is 4.39. The highest BCUT2D eigenvalue weighted by atomic mass is 15.0. The molecule has 3 heteroatoms. The summed E-state index contributed by atoms with van der Waals surface area (Å²) in [7, 11) is 0. The summed E-state index contributed by atoms with van der Waals surface area (Å²) in [5.41, 5.74) is 5.04. The lowest BCUT2D eigenvalue weighted by molar-refractivity contribution is 0.584. The third-order valence-electron chi connectivity index (χ3n) is 3.49. The van der Waals surface area contributed by atoms with Crippen molar-refractivity contribution in [3.8, 4) is 0 Å². The second-order valence-corrected chi connectivity index (χ2v) is 4.92. The summed E-state index contributed by atoms with van der Waals surface area (Å²) in [5, 5.41) is 3.36. The van der Waals surface area contributed by atoms with E-state index in [1.165, 1.54) is 29.5 Å². The van der Waals surface area contributed by atoms with Crippen molar-refractivity contribution >= 4 is 11.0 Å². The zero-order chi connectivity index (χ0) is 13.0. The lowest BCUT2D eigenvalue weighted by Crippen LogP contribution is -2.14. The van der Waals surface area contributed by atoms with Gasteiger partial charge in [0.05, 0.1) is 17.4 Å². The Morgan fingerprint density at radius 3 is 2.72 bits per heavy atom. The van der Waals surface area contributed by atoms with E-state index in [-0.39, 0.29) is 0 Å². The lowest BCUT2D eigenvalue weighted by atomic mass is 10.1. The van der Waals surface area contributed by atoms with Crippen molar-refractivity contribution < 1.29 is 0 Å². The molecular weight excluding hydrogens is 222 g/mol. The molecule has 1 heterocycles. The molecule has 0 saturated carbocycles. The summed E-state index contributed by atoms with van der Waals surface area (Å²) in [4.78, 5) is 4.48. The average Bonchev–Trinajstić information content (AvgIpc) is 2.72. The fourth-order valence-electron chi connectivity index (χ4n) is 2.20. The van der Waals surface area contributed by atoms with Crippen molar-refractivity contribution in [2.45, 2.75) is 40.2 Å². The quantitative estimate of drug-likeness (QED) is 0.793. The molecule has 18 heavy (non-hydrogen) atoms. The molecule has 0 atom stereocenters. The summed E-state index contributed by atoms with van der Waals surface area (Å²) in [5.74, 6) is 0. The van der Waals surface area contributed by atoms with Gasteiger partial charge in [-0.2, -0.15) is 0 Å². The van der Waals surface area contributed by atoms with Crippen LogP contribution in [0, 0.1) is 13.8 Å². The predicted molar refractivity (Wildman–Crippen MR) is 77.0 cm³/mol. The smallest absolute Gasteiger partial charge is 0.0958 e. The Hall–Kier alpha value is -1.35. The first-order chi connectivity index (χ1) is 8.72. The number of aromatic nitrogens is 2. The van der Waals surface area contributed by atoms with Gasteiger partial charge in [-0.15, -0.1) is 0 Å².